The summed E-state index contributed by atoms with van der Waals surface area (Å²) < 4.78 is 24.0. The summed E-state index contributed by atoms with van der Waals surface area (Å²) in [5.74, 6) is -0.570. The van der Waals surface area contributed by atoms with Gasteiger partial charge in [-0.05, 0) is 49.7 Å². The van der Waals surface area contributed by atoms with Crippen LogP contribution in [0.1, 0.15) is 40.1 Å². The van der Waals surface area contributed by atoms with Gasteiger partial charge in [-0.3, -0.25) is 14.2 Å². The van der Waals surface area contributed by atoms with Gasteiger partial charge < -0.3 is 19.3 Å². The lowest BCUT2D eigenvalue weighted by Crippen LogP contribution is -2.24. The highest BCUT2D eigenvalue weighted by Crippen LogP contribution is 2.51. The van der Waals surface area contributed by atoms with Crippen LogP contribution in [0.4, 0.5) is 5.69 Å². The number of hydrogen-bond donors (Lipinski definition) is 1. The number of benzene rings is 2. The number of rotatable bonds is 9. The lowest BCUT2D eigenvalue weighted by Gasteiger charge is -2.17. The lowest BCUT2D eigenvalue weighted by molar-refractivity contribution is 0.0828. The molecule has 1 N–H and O–H groups in total. The molecule has 0 aliphatic rings. The number of carbonyl (C=O) groups is 2. The van der Waals surface area contributed by atoms with Crippen molar-refractivity contribution in [3.63, 3.8) is 0 Å². The van der Waals surface area contributed by atoms with Gasteiger partial charge in [0.1, 0.15) is 0 Å². The van der Waals surface area contributed by atoms with Gasteiger partial charge in [0, 0.05) is 24.1 Å². The van der Waals surface area contributed by atoms with Crippen LogP contribution in [0.15, 0.2) is 46.9 Å². The van der Waals surface area contributed by atoms with E-state index in [9.17, 15) is 14.2 Å². The van der Waals surface area contributed by atoms with E-state index in [4.69, 9.17) is 9.05 Å². The Morgan fingerprint density at radius 2 is 1.63 bits per heavy atom. The van der Waals surface area contributed by atoms with Crippen molar-refractivity contribution in [2.75, 3.05) is 32.6 Å². The van der Waals surface area contributed by atoms with Crippen molar-refractivity contribution < 1.29 is 23.2 Å². The Morgan fingerprint density at radius 1 is 1.03 bits per heavy atom. The molecule has 0 radical (unpaired) electrons. The fraction of sp³-hybridized carbons (Fsp3) is 0.333. The van der Waals surface area contributed by atoms with Crippen LogP contribution < -0.4 is 5.32 Å². The molecule has 0 saturated carbocycles. The third kappa shape index (κ3) is 6.51. The molecule has 0 aromatic heterocycles. The second-order valence-electron chi connectivity index (χ2n) is 6.65. The first-order valence-electron chi connectivity index (χ1n) is 9.48. The van der Waals surface area contributed by atoms with Gasteiger partial charge in [0.15, 0.2) is 0 Å². The van der Waals surface area contributed by atoms with Gasteiger partial charge in [-0.15, -0.1) is 0 Å². The van der Waals surface area contributed by atoms with E-state index in [-0.39, 0.29) is 18.0 Å². The van der Waals surface area contributed by atoms with Crippen molar-refractivity contribution in [3.8, 4) is 0 Å². The molecule has 2 rings (SSSR count). The van der Waals surface area contributed by atoms with Crippen molar-refractivity contribution in [1.82, 2.24) is 4.90 Å². The Labute approximate surface area is 185 Å². The van der Waals surface area contributed by atoms with Crippen molar-refractivity contribution >= 4 is 41.0 Å². The minimum atomic E-state index is -3.21. The summed E-state index contributed by atoms with van der Waals surface area (Å²) in [5.41, 5.74) is 1.95. The van der Waals surface area contributed by atoms with Gasteiger partial charge in [-0.2, -0.15) is 0 Å². The number of nitrogens with one attached hydrogen (secondary N) is 1. The van der Waals surface area contributed by atoms with Crippen LogP contribution in [0.3, 0.4) is 0 Å². The van der Waals surface area contributed by atoms with Crippen LogP contribution in [-0.4, -0.2) is 44.0 Å². The van der Waals surface area contributed by atoms with Crippen LogP contribution in [-0.2, 0) is 19.8 Å². The summed E-state index contributed by atoms with van der Waals surface area (Å²) in [7, 11) is 0.0854. The summed E-state index contributed by atoms with van der Waals surface area (Å²) in [6, 6.07) is 11.8. The number of carbonyl (C=O) groups excluding carboxylic acids is 2. The molecule has 2 aromatic rings. The third-order valence-corrected chi connectivity index (χ3v) is 6.66. The molecule has 0 saturated heterocycles. The first-order valence-corrected chi connectivity index (χ1v) is 12.0. The number of halogens is 1. The predicted molar refractivity (Wildman–Crippen MR) is 121 cm³/mol. The van der Waals surface area contributed by atoms with Crippen LogP contribution in [0.2, 0.25) is 0 Å². The fourth-order valence-corrected chi connectivity index (χ4v) is 4.81. The zero-order valence-corrected chi connectivity index (χ0v) is 20.0. The highest BCUT2D eigenvalue weighted by molar-refractivity contribution is 9.10. The maximum Gasteiger partial charge on any atom is 0.335 e. The fourth-order valence-electron chi connectivity index (χ4n) is 2.74. The first kappa shape index (κ1) is 24.3. The van der Waals surface area contributed by atoms with E-state index in [0.717, 1.165) is 10.0 Å². The van der Waals surface area contributed by atoms with E-state index in [1.807, 2.05) is 0 Å². The Morgan fingerprint density at radius 3 is 2.17 bits per heavy atom. The molecule has 0 aliphatic heterocycles. The van der Waals surface area contributed by atoms with Gasteiger partial charge >= 0.3 is 7.60 Å². The zero-order chi connectivity index (χ0) is 22.3. The maximum absolute atomic E-state index is 12.7. The average Bonchev–Trinajstić information content (AvgIpc) is 2.69. The van der Waals surface area contributed by atoms with E-state index >= 15 is 0 Å². The SMILES string of the molecule is CCOP(=O)(Cc1ccc(C(=O)Nc2ccc(Br)cc2C(=O)N(C)C)cc1)OCC. The van der Waals surface area contributed by atoms with Crippen molar-refractivity contribution in [2.45, 2.75) is 20.0 Å². The Balaban J connectivity index is 2.18. The van der Waals surface area contributed by atoms with Gasteiger partial charge in [0.2, 0.25) is 0 Å². The largest absolute Gasteiger partial charge is 0.345 e. The molecular weight excluding hydrogens is 471 g/mol. The van der Waals surface area contributed by atoms with Gasteiger partial charge in [-0.25, -0.2) is 0 Å². The summed E-state index contributed by atoms with van der Waals surface area (Å²) in [6.07, 6.45) is 0.130. The number of nitrogens with zero attached hydrogens (tertiary/aromatic N) is 1. The molecule has 0 bridgehead atoms. The summed E-state index contributed by atoms with van der Waals surface area (Å²) in [4.78, 5) is 26.6. The molecule has 9 heteroatoms. The number of amides is 2. The maximum atomic E-state index is 12.7. The molecule has 30 heavy (non-hydrogen) atoms. The Kier molecular flexibility index (Phi) is 8.79. The molecule has 162 valence electrons. The summed E-state index contributed by atoms with van der Waals surface area (Å²) in [5, 5.41) is 2.79. The number of anilines is 1. The molecule has 7 nitrogen and oxygen atoms in total. The highest BCUT2D eigenvalue weighted by atomic mass is 79.9. The standard InChI is InChI=1S/C21H26BrN2O5P/c1-5-28-30(27,29-6-2)14-15-7-9-16(10-8-15)20(25)23-19-12-11-17(22)13-18(19)21(26)24(3)4/h7-13H,5-6,14H2,1-4H3,(H,23,25). The quantitative estimate of drug-likeness (QED) is 0.484. The highest BCUT2D eigenvalue weighted by Gasteiger charge is 2.24. The molecule has 0 spiro atoms. The molecule has 0 fully saturated rings. The third-order valence-electron chi connectivity index (χ3n) is 4.11. The molecule has 0 aliphatic carbocycles. The molecule has 0 atom stereocenters. The molecule has 2 amide bonds. The molecule has 0 unspecified atom stereocenters. The van der Waals surface area contributed by atoms with Gasteiger partial charge in [-0.1, -0.05) is 28.1 Å². The lowest BCUT2D eigenvalue weighted by atomic mass is 10.1. The van der Waals surface area contributed by atoms with Gasteiger partial charge in [0.25, 0.3) is 11.8 Å². The summed E-state index contributed by atoms with van der Waals surface area (Å²) in [6.45, 7) is 4.10. The van der Waals surface area contributed by atoms with Crippen LogP contribution in [0.5, 0.6) is 0 Å². The van der Waals surface area contributed by atoms with E-state index in [1.165, 1.54) is 4.90 Å². The van der Waals surface area contributed by atoms with E-state index in [1.54, 1.807) is 70.4 Å². The second-order valence-corrected chi connectivity index (χ2v) is 9.62. The summed E-state index contributed by atoms with van der Waals surface area (Å²) >= 11 is 3.35. The average molecular weight is 497 g/mol. The number of hydrogen-bond acceptors (Lipinski definition) is 5. The second kappa shape index (κ2) is 10.9. The van der Waals surface area contributed by atoms with Crippen LogP contribution in [0.25, 0.3) is 0 Å². The molecular formula is C21H26BrN2O5P. The Bertz CT molecular complexity index is 937. The molecule has 2 aromatic carbocycles. The van der Waals surface area contributed by atoms with Crippen LogP contribution in [0, 0.1) is 0 Å². The monoisotopic (exact) mass is 496 g/mol. The predicted octanol–water partition coefficient (Wildman–Crippen LogP) is 5.17. The minimum absolute atomic E-state index is 0.130. The zero-order valence-electron chi connectivity index (χ0n) is 17.5. The van der Waals surface area contributed by atoms with Crippen molar-refractivity contribution in [2.24, 2.45) is 0 Å². The normalized spacial score (nSPS) is 11.2. The minimum Gasteiger partial charge on any atom is -0.345 e. The first-order chi connectivity index (χ1) is 14.2. The topological polar surface area (TPSA) is 84.9 Å². The van der Waals surface area contributed by atoms with Crippen molar-refractivity contribution in [1.29, 1.82) is 0 Å². The van der Waals surface area contributed by atoms with Gasteiger partial charge in [0.05, 0.1) is 30.6 Å². The van der Waals surface area contributed by atoms with E-state index in [2.05, 4.69) is 21.2 Å². The smallest absolute Gasteiger partial charge is 0.335 e. The Hall–Kier alpha value is -1.99. The van der Waals surface area contributed by atoms with E-state index < -0.39 is 7.60 Å². The van der Waals surface area contributed by atoms with E-state index in [0.29, 0.717) is 30.0 Å². The molecule has 0 heterocycles. The van der Waals surface area contributed by atoms with Crippen LogP contribution >= 0.6 is 23.5 Å². The van der Waals surface area contributed by atoms with Crippen molar-refractivity contribution in [3.05, 3.63) is 63.6 Å².